The van der Waals surface area contributed by atoms with Crippen LogP contribution in [0, 0.1) is 19.4 Å². The lowest BCUT2D eigenvalue weighted by molar-refractivity contribution is -0.138. The Labute approximate surface area is 439 Å². The molecule has 0 aliphatic carbocycles. The Kier molecular flexibility index (Phi) is 21.7. The van der Waals surface area contributed by atoms with Gasteiger partial charge in [0.1, 0.15) is 17.4 Å². The molecule has 0 aliphatic heterocycles. The zero-order chi connectivity index (χ0) is 54.5. The van der Waals surface area contributed by atoms with E-state index in [0.29, 0.717) is 125 Å². The standard InChI is InChI=1S/C52H63N11O12S/c1-34-27-39(28-35(2)48(34)76(70,71)62-43(51(68)69)32-59-50(67)42-33-63(3)44-29-36(8-14-41(44)47(42)65)30-60-52-56-18-19-57-52)37-9-12-40(13-10-37)75-22-4-7-46(64)54-16-5-20-72-23-25-74-26-24-73-21-6-17-55-49(66)38-11-15-45(61-53)58-31-38/h8-15,18-19,27-29,31,33,43,53,62H,4-7,16-17,20-26,30,32H2,1-3H3,(H,54,64)(H,55,66)(H,59,67)(H,68,69)(H2,56,57,60). The number of H-pyrrole nitrogens is 1. The molecule has 3 amide bonds. The smallest absolute Gasteiger partial charge is 0.323 e. The molecule has 3 aromatic carbocycles. The van der Waals surface area contributed by atoms with E-state index in [2.05, 4.69) is 46.1 Å². The van der Waals surface area contributed by atoms with Crippen LogP contribution in [0.25, 0.3) is 22.0 Å². The highest BCUT2D eigenvalue weighted by Crippen LogP contribution is 2.29. The molecular weight excluding hydrogens is 1000 g/mol. The number of aliphatic carboxylic acids is 1. The monoisotopic (exact) mass is 1070 g/mol. The van der Waals surface area contributed by atoms with Crippen LogP contribution < -0.4 is 36.2 Å². The zero-order valence-corrected chi connectivity index (χ0v) is 43.3. The fraction of sp³-hybridized carbons (Fsp3) is 0.365. The van der Waals surface area contributed by atoms with Crippen molar-refractivity contribution in [3.8, 4) is 16.9 Å². The van der Waals surface area contributed by atoms with Gasteiger partial charge in [-0.25, -0.2) is 23.9 Å². The molecule has 24 heteroatoms. The first-order chi connectivity index (χ1) is 36.6. The number of fused-ring (bicyclic) bond motifs is 1. The summed E-state index contributed by atoms with van der Waals surface area (Å²) < 4.78 is 53.8. The topological polar surface area (TPSA) is 320 Å². The summed E-state index contributed by atoms with van der Waals surface area (Å²) in [4.78, 5) is 74.3. The SMILES string of the molecule is Cc1cc(-c2ccc(OCCCC(=O)NCCCOCCOCCOCCCNC(=O)c3ccc(N=N)nc3)cc2)cc(C)c1S(=O)(=O)NC(CNC(=O)c1cn(C)c2cc(CNc3ncc[nH]3)ccc2c1=O)C(=O)O. The second kappa shape index (κ2) is 28.7. The maximum absolute atomic E-state index is 13.7. The molecule has 3 heterocycles. The molecule has 0 aliphatic rings. The predicted octanol–water partition coefficient (Wildman–Crippen LogP) is 4.91. The average Bonchev–Trinajstić information content (AvgIpc) is 3.94. The summed E-state index contributed by atoms with van der Waals surface area (Å²) in [5.41, 5.74) is 10.1. The first kappa shape index (κ1) is 57.4. The Bertz CT molecular complexity index is 3080. The highest BCUT2D eigenvalue weighted by Gasteiger charge is 2.29. The van der Waals surface area contributed by atoms with Gasteiger partial charge in [0.2, 0.25) is 21.4 Å². The van der Waals surface area contributed by atoms with Crippen LogP contribution in [0.1, 0.15) is 63.1 Å². The van der Waals surface area contributed by atoms with Crippen molar-refractivity contribution < 1.29 is 51.6 Å². The van der Waals surface area contributed by atoms with Crippen molar-refractivity contribution in [2.24, 2.45) is 12.2 Å². The van der Waals surface area contributed by atoms with Gasteiger partial charge < -0.3 is 54.9 Å². The van der Waals surface area contributed by atoms with Gasteiger partial charge in [0, 0.05) is 83.0 Å². The minimum absolute atomic E-state index is 0.0953. The second-order valence-corrected chi connectivity index (χ2v) is 19.1. The molecule has 0 saturated heterocycles. The minimum atomic E-state index is -4.43. The molecule has 8 N–H and O–H groups in total. The number of carbonyl (C=O) groups is 4. The Hall–Kier alpha value is -7.90. The van der Waals surface area contributed by atoms with Crippen LogP contribution in [-0.4, -0.2) is 129 Å². The molecule has 6 aromatic rings. The fourth-order valence-corrected chi connectivity index (χ4v) is 9.51. The van der Waals surface area contributed by atoms with Crippen molar-refractivity contribution in [2.75, 3.05) is 71.2 Å². The number of anilines is 1. The number of carbonyl (C=O) groups excluding carboxylic acids is 3. The number of aromatic nitrogens is 4. The number of imidazole rings is 1. The highest BCUT2D eigenvalue weighted by molar-refractivity contribution is 7.89. The van der Waals surface area contributed by atoms with E-state index >= 15 is 0 Å². The molecule has 0 saturated carbocycles. The number of ether oxygens (including phenoxy) is 4. The third-order valence-corrected chi connectivity index (χ3v) is 13.4. The number of pyridine rings is 2. The van der Waals surface area contributed by atoms with Crippen LogP contribution in [0.5, 0.6) is 5.75 Å². The summed E-state index contributed by atoms with van der Waals surface area (Å²) in [5.74, 6) is -1.34. The lowest BCUT2D eigenvalue weighted by Gasteiger charge is -2.19. The third-order valence-electron chi connectivity index (χ3n) is 11.7. The quantitative estimate of drug-likeness (QED) is 0.0206. The number of carboxylic acid groups (broad SMARTS) is 1. The number of nitrogens with one attached hydrogen (secondary N) is 7. The summed E-state index contributed by atoms with van der Waals surface area (Å²) >= 11 is 0. The lowest BCUT2D eigenvalue weighted by atomic mass is 10.0. The van der Waals surface area contributed by atoms with Gasteiger partial charge >= 0.3 is 5.97 Å². The average molecular weight is 1070 g/mol. The van der Waals surface area contributed by atoms with Crippen LogP contribution >= 0.6 is 0 Å². The third kappa shape index (κ3) is 17.1. The number of sulfonamides is 1. The van der Waals surface area contributed by atoms with Gasteiger partial charge in [0.15, 0.2) is 11.8 Å². The Morgan fingerprint density at radius 3 is 2.12 bits per heavy atom. The molecule has 1 unspecified atom stereocenters. The van der Waals surface area contributed by atoms with Gasteiger partial charge in [-0.05, 0) is 97.3 Å². The maximum atomic E-state index is 13.7. The van der Waals surface area contributed by atoms with Gasteiger partial charge in [-0.3, -0.25) is 24.0 Å². The van der Waals surface area contributed by atoms with E-state index in [-0.39, 0.29) is 39.9 Å². The van der Waals surface area contributed by atoms with E-state index in [1.165, 1.54) is 18.5 Å². The van der Waals surface area contributed by atoms with Gasteiger partial charge in [0.25, 0.3) is 11.8 Å². The second-order valence-electron chi connectivity index (χ2n) is 17.4. The van der Waals surface area contributed by atoms with Crippen LogP contribution in [0.4, 0.5) is 11.8 Å². The van der Waals surface area contributed by atoms with E-state index in [1.54, 1.807) is 86.4 Å². The van der Waals surface area contributed by atoms with Crippen LogP contribution in [0.3, 0.4) is 0 Å². The van der Waals surface area contributed by atoms with Crippen LogP contribution in [0.15, 0.2) is 106 Å². The summed E-state index contributed by atoms with van der Waals surface area (Å²) in [6.07, 6.45) is 8.09. The number of nitrogens with zero attached hydrogens (tertiary/aromatic N) is 4. The highest BCUT2D eigenvalue weighted by atomic mass is 32.2. The number of aromatic amines is 1. The summed E-state index contributed by atoms with van der Waals surface area (Å²) in [6, 6.07) is 17.0. The van der Waals surface area contributed by atoms with E-state index in [4.69, 9.17) is 24.5 Å². The molecule has 76 heavy (non-hydrogen) atoms. The zero-order valence-electron chi connectivity index (χ0n) is 42.5. The first-order valence-electron chi connectivity index (χ1n) is 24.5. The summed E-state index contributed by atoms with van der Waals surface area (Å²) in [6.45, 7) is 6.80. The molecule has 0 radical (unpaired) electrons. The molecule has 0 fully saturated rings. The van der Waals surface area contributed by atoms with Crippen molar-refractivity contribution in [3.63, 3.8) is 0 Å². The van der Waals surface area contributed by atoms with Gasteiger partial charge in [-0.2, -0.15) is 4.72 Å². The predicted molar refractivity (Wildman–Crippen MR) is 281 cm³/mol. The lowest BCUT2D eigenvalue weighted by Crippen LogP contribution is -2.49. The molecule has 404 valence electrons. The van der Waals surface area contributed by atoms with Crippen molar-refractivity contribution in [1.82, 2.24) is 40.2 Å². The van der Waals surface area contributed by atoms with E-state index < -0.39 is 39.9 Å². The number of aryl methyl sites for hydroxylation is 3. The van der Waals surface area contributed by atoms with Crippen LogP contribution in [0.2, 0.25) is 0 Å². The Balaban J connectivity index is 0.840. The fourth-order valence-electron chi connectivity index (χ4n) is 7.87. The van der Waals surface area contributed by atoms with E-state index in [9.17, 15) is 37.5 Å². The molecule has 0 bridgehead atoms. The summed E-state index contributed by atoms with van der Waals surface area (Å²) in [7, 11) is -2.75. The van der Waals surface area contributed by atoms with E-state index in [1.807, 2.05) is 12.1 Å². The first-order valence-corrected chi connectivity index (χ1v) is 26.0. The molecular formula is C52H63N11O12S. The largest absolute Gasteiger partial charge is 0.494 e. The maximum Gasteiger partial charge on any atom is 0.323 e. The van der Waals surface area contributed by atoms with E-state index in [0.717, 1.165) is 11.1 Å². The number of hydrogen-bond donors (Lipinski definition) is 8. The molecule has 1 atom stereocenters. The molecule has 3 aromatic heterocycles. The number of rotatable bonds is 32. The van der Waals surface area contributed by atoms with Crippen LogP contribution in [-0.2, 0) is 47.4 Å². The minimum Gasteiger partial charge on any atom is -0.494 e. The Morgan fingerprint density at radius 2 is 1.49 bits per heavy atom. The number of carboxylic acids is 1. The number of benzene rings is 3. The van der Waals surface area contributed by atoms with Gasteiger partial charge in [0.05, 0.1) is 49.0 Å². The Morgan fingerprint density at radius 1 is 0.803 bits per heavy atom. The molecule has 0 spiro atoms. The van der Waals surface area contributed by atoms with Crippen molar-refractivity contribution in [2.45, 2.75) is 57.0 Å². The van der Waals surface area contributed by atoms with Crippen molar-refractivity contribution >= 4 is 56.4 Å². The van der Waals surface area contributed by atoms with Gasteiger partial charge in [-0.1, -0.05) is 30.3 Å². The molecule has 6 rings (SSSR count). The number of amides is 3. The normalized spacial score (nSPS) is 11.7. The van der Waals surface area contributed by atoms with Gasteiger partial charge in [-0.15, -0.1) is 5.11 Å². The van der Waals surface area contributed by atoms with Crippen molar-refractivity contribution in [3.05, 3.63) is 130 Å². The number of hydrogen-bond acceptors (Lipinski definition) is 16. The van der Waals surface area contributed by atoms with Crippen molar-refractivity contribution in [1.29, 1.82) is 5.53 Å². The summed E-state index contributed by atoms with van der Waals surface area (Å²) in [5, 5.41) is 24.7. The molecule has 23 nitrogen and oxygen atoms in total.